The van der Waals surface area contributed by atoms with E-state index in [0.29, 0.717) is 17.9 Å². The maximum Gasteiger partial charge on any atom is 0.0585 e. The highest BCUT2D eigenvalue weighted by atomic mass is 15.2. The third-order valence-corrected chi connectivity index (χ3v) is 6.88. The smallest absolute Gasteiger partial charge is 0.0585 e. The Balaban J connectivity index is 1.65. The van der Waals surface area contributed by atoms with Gasteiger partial charge in [-0.2, -0.15) is 0 Å². The molecule has 4 atom stereocenters. The first-order valence-corrected chi connectivity index (χ1v) is 10.1. The zero-order valence-corrected chi connectivity index (χ0v) is 15.2. The molecular weight excluding hydrogens is 304 g/mol. The molecule has 1 saturated heterocycles. The molecule has 0 aromatic rings. The van der Waals surface area contributed by atoms with Gasteiger partial charge in [0.15, 0.2) is 0 Å². The van der Waals surface area contributed by atoms with E-state index in [9.17, 15) is 0 Å². The number of hydrogen-bond donors (Lipinski definition) is 0. The van der Waals surface area contributed by atoms with Crippen LogP contribution >= 0.6 is 0 Å². The van der Waals surface area contributed by atoms with E-state index in [2.05, 4.69) is 53.3 Å². The van der Waals surface area contributed by atoms with Crippen molar-refractivity contribution in [1.82, 2.24) is 4.90 Å². The molecule has 0 bridgehead atoms. The number of aliphatic imine (C=N–C) groups is 1. The molecule has 4 unspecified atom stereocenters. The minimum absolute atomic E-state index is 0.559. The topological polar surface area (TPSA) is 15.6 Å². The van der Waals surface area contributed by atoms with Gasteiger partial charge in [0.05, 0.1) is 6.04 Å². The summed E-state index contributed by atoms with van der Waals surface area (Å²) in [5.74, 6) is 2.06. The summed E-state index contributed by atoms with van der Waals surface area (Å²) in [5.41, 5.74) is 6.55. The number of allylic oxidation sites excluding steroid dienone is 7. The fraction of sp³-hybridized carbons (Fsp3) is 0.522. The lowest BCUT2D eigenvalue weighted by Gasteiger charge is -2.37. The Morgan fingerprint density at radius 1 is 1.24 bits per heavy atom. The number of rotatable bonds is 2. The van der Waals surface area contributed by atoms with Gasteiger partial charge in [0, 0.05) is 36.0 Å². The van der Waals surface area contributed by atoms with Gasteiger partial charge in [-0.3, -0.25) is 4.99 Å². The monoisotopic (exact) mass is 332 g/mol. The molecule has 3 heterocycles. The van der Waals surface area contributed by atoms with Crippen molar-refractivity contribution in [2.45, 2.75) is 51.5 Å². The van der Waals surface area contributed by atoms with Crippen LogP contribution in [-0.4, -0.2) is 23.7 Å². The highest BCUT2D eigenvalue weighted by Crippen LogP contribution is 2.55. The fourth-order valence-corrected chi connectivity index (χ4v) is 5.76. The molecule has 1 fully saturated rings. The van der Waals surface area contributed by atoms with Crippen LogP contribution in [0.2, 0.25) is 0 Å². The second-order valence-electron chi connectivity index (χ2n) is 8.08. The van der Waals surface area contributed by atoms with Gasteiger partial charge >= 0.3 is 0 Å². The molecule has 3 aliphatic heterocycles. The first-order chi connectivity index (χ1) is 12.4. The molecule has 2 aliphatic carbocycles. The van der Waals surface area contributed by atoms with Crippen molar-refractivity contribution < 1.29 is 0 Å². The van der Waals surface area contributed by atoms with E-state index >= 15 is 0 Å². The largest absolute Gasteiger partial charge is 0.341 e. The second-order valence-corrected chi connectivity index (χ2v) is 8.08. The molecule has 2 nitrogen and oxygen atoms in total. The summed E-state index contributed by atoms with van der Waals surface area (Å²) < 4.78 is 0. The normalized spacial score (nSPS) is 36.0. The molecule has 0 aromatic heterocycles. The van der Waals surface area contributed by atoms with Gasteiger partial charge in [-0.15, -0.1) is 0 Å². The summed E-state index contributed by atoms with van der Waals surface area (Å²) in [5, 5.41) is 0. The van der Waals surface area contributed by atoms with Crippen LogP contribution in [0.5, 0.6) is 0 Å². The summed E-state index contributed by atoms with van der Waals surface area (Å²) in [6.07, 6.45) is 23.8. The minimum Gasteiger partial charge on any atom is -0.341 e. The van der Waals surface area contributed by atoms with Gasteiger partial charge in [-0.05, 0) is 68.6 Å². The Morgan fingerprint density at radius 2 is 2.20 bits per heavy atom. The molecule has 0 saturated carbocycles. The van der Waals surface area contributed by atoms with Gasteiger partial charge in [0.25, 0.3) is 0 Å². The Hall–Kier alpha value is -1.83. The first kappa shape index (κ1) is 15.4. The highest BCUT2D eigenvalue weighted by Gasteiger charge is 2.49. The Bertz CT molecular complexity index is 746. The van der Waals surface area contributed by atoms with E-state index in [0.717, 1.165) is 18.9 Å². The predicted octanol–water partition coefficient (Wildman–Crippen LogP) is 5.18. The van der Waals surface area contributed by atoms with Crippen LogP contribution in [0.1, 0.15) is 45.4 Å². The Morgan fingerprint density at radius 3 is 3.12 bits per heavy atom. The minimum atomic E-state index is 0.559. The van der Waals surface area contributed by atoms with Crippen LogP contribution in [-0.2, 0) is 0 Å². The van der Waals surface area contributed by atoms with Crippen molar-refractivity contribution >= 4 is 6.21 Å². The average Bonchev–Trinajstić information content (AvgIpc) is 2.88. The van der Waals surface area contributed by atoms with E-state index in [-0.39, 0.29) is 0 Å². The third-order valence-electron chi connectivity index (χ3n) is 6.88. The van der Waals surface area contributed by atoms with Gasteiger partial charge in [-0.1, -0.05) is 30.4 Å². The maximum atomic E-state index is 4.63. The summed E-state index contributed by atoms with van der Waals surface area (Å²) in [4.78, 5) is 7.41. The van der Waals surface area contributed by atoms with E-state index in [1.165, 1.54) is 32.1 Å². The lowest BCUT2D eigenvalue weighted by molar-refractivity contribution is 0.319. The van der Waals surface area contributed by atoms with Gasteiger partial charge in [-0.25, -0.2) is 0 Å². The zero-order valence-electron chi connectivity index (χ0n) is 15.2. The third kappa shape index (κ3) is 2.33. The molecule has 0 amide bonds. The van der Waals surface area contributed by atoms with Crippen molar-refractivity contribution in [1.29, 1.82) is 0 Å². The van der Waals surface area contributed by atoms with Crippen LogP contribution in [0.3, 0.4) is 0 Å². The van der Waals surface area contributed by atoms with Crippen LogP contribution in [0.25, 0.3) is 0 Å². The van der Waals surface area contributed by atoms with E-state index in [1.807, 2.05) is 6.21 Å². The Kier molecular flexibility index (Phi) is 3.80. The molecule has 5 aliphatic rings. The van der Waals surface area contributed by atoms with Crippen molar-refractivity contribution in [2.24, 2.45) is 22.7 Å². The summed E-state index contributed by atoms with van der Waals surface area (Å²) in [6, 6.07) is 0.559. The maximum absolute atomic E-state index is 4.63. The van der Waals surface area contributed by atoms with Crippen LogP contribution in [0, 0.1) is 17.8 Å². The summed E-state index contributed by atoms with van der Waals surface area (Å²) >= 11 is 0. The molecule has 0 spiro atoms. The van der Waals surface area contributed by atoms with Gasteiger partial charge < -0.3 is 4.90 Å². The molecule has 0 aromatic carbocycles. The number of dihydropyridines is 1. The molecular formula is C23H28N2. The van der Waals surface area contributed by atoms with Crippen LogP contribution in [0.15, 0.2) is 64.0 Å². The lowest BCUT2D eigenvalue weighted by atomic mass is 9.74. The highest BCUT2D eigenvalue weighted by molar-refractivity contribution is 5.74. The number of nitrogens with zero attached hydrogens (tertiary/aromatic N) is 2. The van der Waals surface area contributed by atoms with Crippen molar-refractivity contribution in [3.05, 3.63) is 59.0 Å². The molecule has 0 N–H and O–H groups in total. The second kappa shape index (κ2) is 6.16. The van der Waals surface area contributed by atoms with Crippen molar-refractivity contribution in [3.8, 4) is 0 Å². The molecule has 25 heavy (non-hydrogen) atoms. The van der Waals surface area contributed by atoms with E-state index in [4.69, 9.17) is 0 Å². The molecule has 130 valence electrons. The lowest BCUT2D eigenvalue weighted by Crippen LogP contribution is -2.34. The summed E-state index contributed by atoms with van der Waals surface area (Å²) in [7, 11) is 0. The van der Waals surface area contributed by atoms with Crippen molar-refractivity contribution in [3.63, 3.8) is 0 Å². The van der Waals surface area contributed by atoms with E-state index in [1.54, 1.807) is 22.5 Å². The number of fused-ring (bicyclic) bond motifs is 5. The average molecular weight is 332 g/mol. The van der Waals surface area contributed by atoms with Gasteiger partial charge in [0.1, 0.15) is 0 Å². The van der Waals surface area contributed by atoms with Crippen LogP contribution in [0.4, 0.5) is 0 Å². The zero-order chi connectivity index (χ0) is 16.8. The number of hydrogen-bond acceptors (Lipinski definition) is 2. The Labute approximate surface area is 151 Å². The van der Waals surface area contributed by atoms with Crippen LogP contribution < -0.4 is 0 Å². The fourth-order valence-electron chi connectivity index (χ4n) is 5.76. The molecule has 0 radical (unpaired) electrons. The van der Waals surface area contributed by atoms with E-state index < -0.39 is 0 Å². The predicted molar refractivity (Wildman–Crippen MR) is 104 cm³/mol. The SMILES string of the molecule is C/C=C/CC1CCC2C3=C1CC=C1C=CCCC1N3C1=CC=NCC12. The molecule has 5 rings (SSSR count). The van der Waals surface area contributed by atoms with Crippen molar-refractivity contribution in [2.75, 3.05) is 6.54 Å². The quantitative estimate of drug-likeness (QED) is 0.636. The standard InChI is InChI=1S/C23H28N2/c1-2-3-6-16-9-12-19-20-15-24-14-13-22(20)25-21-8-5-4-7-17(21)10-11-18(16)23(19)25/h2-4,7,10,13-14,16,19-21H,5-6,8-9,11-12,15H2,1H3/b3-2+. The van der Waals surface area contributed by atoms with Gasteiger partial charge in [0.2, 0.25) is 0 Å². The molecule has 2 heteroatoms. The first-order valence-electron chi connectivity index (χ1n) is 10.1. The summed E-state index contributed by atoms with van der Waals surface area (Å²) in [6.45, 7) is 3.14.